The van der Waals surface area contributed by atoms with Crippen LogP contribution in [0.1, 0.15) is 25.7 Å². The van der Waals surface area contributed by atoms with E-state index in [1.807, 2.05) is 36.4 Å². The summed E-state index contributed by atoms with van der Waals surface area (Å²) < 4.78 is 29.0. The number of hydrogen-bond acceptors (Lipinski definition) is 0. The molecule has 0 aliphatic heterocycles. The maximum Gasteiger partial charge on any atom is 0.379 e. The van der Waals surface area contributed by atoms with E-state index >= 15 is 0 Å². The number of hydrogen-bond donors (Lipinski definition) is 0. The van der Waals surface area contributed by atoms with Crippen molar-refractivity contribution in [3.8, 4) is 0 Å². The summed E-state index contributed by atoms with van der Waals surface area (Å²) in [5, 5.41) is 0. The van der Waals surface area contributed by atoms with Gasteiger partial charge in [0.2, 0.25) is 0 Å². The molecule has 1 aliphatic rings. The fourth-order valence-electron chi connectivity index (χ4n) is 1.26. The molecule has 2 rings (SSSR count). The van der Waals surface area contributed by atoms with Gasteiger partial charge in [-0.25, -0.2) is 0 Å². The van der Waals surface area contributed by atoms with Crippen LogP contribution in [0.2, 0.25) is 0 Å². The maximum atomic E-state index is 9.67. The summed E-state index contributed by atoms with van der Waals surface area (Å²) in [6.45, 7) is -3.67. The molecule has 0 bridgehead atoms. The van der Waals surface area contributed by atoms with Crippen molar-refractivity contribution in [2.45, 2.75) is 32.4 Å². The third kappa shape index (κ3) is 22.7. The molecule has 0 amide bonds. The number of rotatable bonds is 0. The van der Waals surface area contributed by atoms with Crippen molar-refractivity contribution in [2.75, 3.05) is 0 Å². The first-order chi connectivity index (χ1) is 8.73. The summed E-state index contributed by atoms with van der Waals surface area (Å²) in [5.41, 5.74) is 0. The zero-order valence-electron chi connectivity index (χ0n) is 10.6. The van der Waals surface area contributed by atoms with Gasteiger partial charge in [-0.3, -0.25) is 0 Å². The Morgan fingerprint density at radius 2 is 0.895 bits per heavy atom. The minimum Gasteiger partial charge on any atom is -0.174 e. The van der Waals surface area contributed by atoms with E-state index in [-0.39, 0.29) is 19.5 Å². The molecule has 1 aliphatic carbocycles. The molecule has 0 unspecified atom stereocenters. The zero-order valence-corrected chi connectivity index (χ0v) is 12.3. The quantitative estimate of drug-likeness (QED) is 0.534. The third-order valence-corrected chi connectivity index (χ3v) is 2.04. The molecule has 0 saturated carbocycles. The van der Waals surface area contributed by atoms with E-state index in [4.69, 9.17) is 0 Å². The average Bonchev–Trinajstić information content (AvgIpc) is 2.30. The smallest absolute Gasteiger partial charge is 0.174 e. The first-order valence-corrected chi connectivity index (χ1v) is 5.97. The molecule has 0 heterocycles. The Labute approximate surface area is 126 Å². The number of benzene rings is 1. The topological polar surface area (TPSA) is 0 Å². The van der Waals surface area contributed by atoms with Crippen molar-refractivity contribution in [1.82, 2.24) is 0 Å². The molecule has 0 spiro atoms. The molecule has 1 aromatic rings. The summed E-state index contributed by atoms with van der Waals surface area (Å²) in [4.78, 5) is 0. The van der Waals surface area contributed by atoms with Gasteiger partial charge in [0.25, 0.3) is 0 Å². The van der Waals surface area contributed by atoms with E-state index in [2.05, 4.69) is 24.3 Å². The van der Waals surface area contributed by atoms with Crippen LogP contribution in [0.25, 0.3) is 0 Å². The predicted octanol–water partition coefficient (Wildman–Crippen LogP) is 5.54. The maximum absolute atomic E-state index is 9.67. The Balaban J connectivity index is 0. The molecule has 4 heteroatoms. The summed E-state index contributed by atoms with van der Waals surface area (Å²) in [6.07, 6.45) is 14.0. The number of alkyl halides is 3. The molecule has 1 aromatic carbocycles. The molecular weight excluding hydrogens is 340 g/mol. The van der Waals surface area contributed by atoms with Crippen LogP contribution < -0.4 is 0 Å². The second kappa shape index (κ2) is 17.1. The first-order valence-electron chi connectivity index (χ1n) is 5.97. The second-order valence-corrected chi connectivity index (χ2v) is 3.54. The normalized spacial score (nSPS) is 12.8. The fourth-order valence-corrected chi connectivity index (χ4v) is 1.26. The summed E-state index contributed by atoms with van der Waals surface area (Å²) in [6, 6.07) is 12.0. The Bertz CT molecular complexity index is 267. The van der Waals surface area contributed by atoms with Crippen molar-refractivity contribution in [3.63, 3.8) is 0 Å². The van der Waals surface area contributed by atoms with E-state index in [0.29, 0.717) is 0 Å². The standard InChI is InChI=1S/C8H12.C6H6.CHF3.Rh/c1-2-4-6-8-7-5-3-1;1-2-4-6-5-3-1;2-1(3)4;/h1-4H,5-8H2;1-6H;1H;. The minimum absolute atomic E-state index is 0. The van der Waals surface area contributed by atoms with Crippen molar-refractivity contribution in [3.05, 3.63) is 60.7 Å². The van der Waals surface area contributed by atoms with Gasteiger partial charge in [0, 0.05) is 19.5 Å². The Morgan fingerprint density at radius 1 is 0.632 bits per heavy atom. The Morgan fingerprint density at radius 3 is 1.16 bits per heavy atom. The van der Waals surface area contributed by atoms with E-state index in [0.717, 1.165) is 0 Å². The van der Waals surface area contributed by atoms with Gasteiger partial charge >= 0.3 is 6.68 Å². The molecule has 0 saturated heterocycles. The van der Waals surface area contributed by atoms with Crippen LogP contribution in [0.15, 0.2) is 60.7 Å². The molecule has 0 atom stereocenters. The van der Waals surface area contributed by atoms with Gasteiger partial charge in [0.15, 0.2) is 0 Å². The molecule has 0 aromatic heterocycles. The Kier molecular flexibility index (Phi) is 18.4. The second-order valence-electron chi connectivity index (χ2n) is 3.54. The van der Waals surface area contributed by atoms with Crippen LogP contribution in [0.3, 0.4) is 0 Å². The summed E-state index contributed by atoms with van der Waals surface area (Å²) in [7, 11) is 0. The average molecular weight is 359 g/mol. The molecule has 0 nitrogen and oxygen atoms in total. The summed E-state index contributed by atoms with van der Waals surface area (Å²) in [5.74, 6) is 0. The first kappa shape index (κ1) is 20.4. The molecular formula is C15H19F3Rh. The van der Waals surface area contributed by atoms with Crippen LogP contribution in [-0.2, 0) is 19.5 Å². The SMILES string of the molecule is C1=CCCCCC=C1.FC(F)F.[Rh].c1ccccc1. The van der Waals surface area contributed by atoms with Crippen molar-refractivity contribution in [2.24, 2.45) is 0 Å². The van der Waals surface area contributed by atoms with Gasteiger partial charge in [-0.1, -0.05) is 60.7 Å². The van der Waals surface area contributed by atoms with Gasteiger partial charge in [-0.15, -0.1) is 0 Å². The van der Waals surface area contributed by atoms with Gasteiger partial charge in [0.05, 0.1) is 0 Å². The fraction of sp³-hybridized carbons (Fsp3) is 0.333. The molecule has 109 valence electrons. The molecule has 0 fully saturated rings. The number of allylic oxidation sites excluding steroid dienone is 4. The molecule has 1 radical (unpaired) electrons. The van der Waals surface area contributed by atoms with Crippen molar-refractivity contribution >= 4 is 0 Å². The van der Waals surface area contributed by atoms with Crippen LogP contribution in [0, 0.1) is 0 Å². The van der Waals surface area contributed by atoms with Gasteiger partial charge in [-0.2, -0.15) is 13.2 Å². The predicted molar refractivity (Wildman–Crippen MR) is 70.3 cm³/mol. The summed E-state index contributed by atoms with van der Waals surface area (Å²) >= 11 is 0. The van der Waals surface area contributed by atoms with Crippen LogP contribution in [-0.4, -0.2) is 6.68 Å². The van der Waals surface area contributed by atoms with Gasteiger partial charge < -0.3 is 0 Å². The van der Waals surface area contributed by atoms with Crippen LogP contribution >= 0.6 is 0 Å². The van der Waals surface area contributed by atoms with Gasteiger partial charge in [0.1, 0.15) is 0 Å². The minimum atomic E-state index is -3.67. The van der Waals surface area contributed by atoms with Crippen LogP contribution in [0.4, 0.5) is 13.2 Å². The van der Waals surface area contributed by atoms with Crippen LogP contribution in [0.5, 0.6) is 0 Å². The van der Waals surface area contributed by atoms with Crippen molar-refractivity contribution < 1.29 is 32.6 Å². The van der Waals surface area contributed by atoms with E-state index in [9.17, 15) is 13.2 Å². The molecule has 19 heavy (non-hydrogen) atoms. The van der Waals surface area contributed by atoms with E-state index in [1.165, 1.54) is 25.7 Å². The largest absolute Gasteiger partial charge is 0.379 e. The Hall–Kier alpha value is -0.887. The monoisotopic (exact) mass is 359 g/mol. The van der Waals surface area contributed by atoms with Gasteiger partial charge in [-0.05, 0) is 25.7 Å². The van der Waals surface area contributed by atoms with Crippen molar-refractivity contribution in [1.29, 1.82) is 0 Å². The van der Waals surface area contributed by atoms with E-state index in [1.54, 1.807) is 0 Å². The zero-order chi connectivity index (χ0) is 13.5. The molecule has 0 N–H and O–H groups in total. The third-order valence-electron chi connectivity index (χ3n) is 2.04. The number of halogens is 3. The van der Waals surface area contributed by atoms with E-state index < -0.39 is 6.68 Å².